The summed E-state index contributed by atoms with van der Waals surface area (Å²) >= 11 is 0. The van der Waals surface area contributed by atoms with Crippen LogP contribution in [0.4, 0.5) is 5.82 Å². The number of hydrogen-bond donors (Lipinski definition) is 1. The zero-order valence-electron chi connectivity index (χ0n) is 7.96. The number of nitrogens with zero attached hydrogens (tertiary/aromatic N) is 1. The molecular weight excluding hydrogens is 175 g/mol. The van der Waals surface area contributed by atoms with Crippen molar-refractivity contribution in [1.82, 2.24) is 4.98 Å². The Kier molecular flexibility index (Phi) is 11.6. The van der Waals surface area contributed by atoms with Gasteiger partial charge in [-0.2, -0.15) is 0 Å². The minimum absolute atomic E-state index is 0. The van der Waals surface area contributed by atoms with Crippen molar-refractivity contribution in [3.63, 3.8) is 0 Å². The van der Waals surface area contributed by atoms with Gasteiger partial charge in [0.25, 0.3) is 0 Å². The number of hydrogen-bond acceptors (Lipinski definition) is 2. The third-order valence-electron chi connectivity index (χ3n) is 1.01. The number of anilines is 1. The maximum Gasteiger partial charge on any atom is 1.00 e. The predicted molar refractivity (Wildman–Crippen MR) is 48.9 cm³/mol. The summed E-state index contributed by atoms with van der Waals surface area (Å²) in [6.45, 7) is 7.54. The van der Waals surface area contributed by atoms with Gasteiger partial charge in [-0.3, -0.25) is 0 Å². The molecule has 0 aliphatic carbocycles. The van der Waals surface area contributed by atoms with Crippen LogP contribution in [0.5, 0.6) is 0 Å². The first-order chi connectivity index (χ1) is 5.34. The monoisotopic (exact) mass is 188 g/mol. The van der Waals surface area contributed by atoms with E-state index in [1.54, 1.807) is 18.3 Å². The first kappa shape index (κ1) is 14.8. The summed E-state index contributed by atoms with van der Waals surface area (Å²) in [5, 5.41) is 0. The molecule has 0 unspecified atom stereocenters. The van der Waals surface area contributed by atoms with Crippen LogP contribution in [0, 0.1) is 6.07 Å². The number of rotatable bonds is 1. The molecule has 12 heavy (non-hydrogen) atoms. The molecule has 0 fully saturated rings. The first-order valence-electron chi connectivity index (χ1n) is 3.59. The van der Waals surface area contributed by atoms with E-state index in [0.717, 1.165) is 5.56 Å². The van der Waals surface area contributed by atoms with Gasteiger partial charge in [-0.25, -0.2) is 0 Å². The molecule has 60 valence electrons. The fraction of sp³-hybridized carbons (Fsp3) is 0.222. The third-order valence-corrected chi connectivity index (χ3v) is 1.01. The molecule has 0 spiro atoms. The second-order valence-electron chi connectivity index (χ2n) is 1.59. The molecule has 1 aromatic rings. The van der Waals surface area contributed by atoms with Crippen LogP contribution < -0.4 is 57.1 Å². The fourth-order valence-corrected chi connectivity index (χ4v) is 0.552. The van der Waals surface area contributed by atoms with E-state index < -0.39 is 0 Å². The molecule has 1 rings (SSSR count). The van der Waals surface area contributed by atoms with Crippen molar-refractivity contribution >= 4 is 11.9 Å². The summed E-state index contributed by atoms with van der Waals surface area (Å²) in [4.78, 5) is 3.83. The first-order valence-corrected chi connectivity index (χ1v) is 3.59. The number of nitrogens with two attached hydrogens (primary N) is 1. The van der Waals surface area contributed by atoms with Crippen molar-refractivity contribution in [2.75, 3.05) is 5.73 Å². The Morgan fingerprint density at radius 3 is 2.50 bits per heavy atom. The molecule has 1 heterocycles. The van der Waals surface area contributed by atoms with Crippen LogP contribution in [-0.2, 0) is 0 Å². The van der Waals surface area contributed by atoms with E-state index in [2.05, 4.69) is 17.6 Å². The van der Waals surface area contributed by atoms with Crippen LogP contribution in [0.3, 0.4) is 0 Å². The normalized spacial score (nSPS) is 7.17. The van der Waals surface area contributed by atoms with Gasteiger partial charge in [0.1, 0.15) is 0 Å². The minimum Gasteiger partial charge on any atom is -0.422 e. The smallest absolute Gasteiger partial charge is 0.422 e. The summed E-state index contributed by atoms with van der Waals surface area (Å²) < 4.78 is 0. The van der Waals surface area contributed by atoms with E-state index in [0.29, 0.717) is 5.82 Å². The molecule has 0 aliphatic rings. The van der Waals surface area contributed by atoms with E-state index in [4.69, 9.17) is 5.73 Å². The minimum atomic E-state index is 0. The van der Waals surface area contributed by atoms with Gasteiger partial charge in [-0.15, -0.1) is 30.4 Å². The number of aromatic nitrogens is 1. The number of nitrogen functional groups attached to an aromatic ring is 1. The van der Waals surface area contributed by atoms with E-state index in [1.807, 2.05) is 13.8 Å². The SMILES string of the molecule is C=Cc1[c-]ccnc1N.CC.[K+]. The van der Waals surface area contributed by atoms with Crippen molar-refractivity contribution < 1.29 is 51.4 Å². The van der Waals surface area contributed by atoms with Crippen LogP contribution >= 0.6 is 0 Å². The maximum atomic E-state index is 5.42. The molecule has 2 nitrogen and oxygen atoms in total. The summed E-state index contributed by atoms with van der Waals surface area (Å²) in [6, 6.07) is 4.58. The molecule has 0 bridgehead atoms. The van der Waals surface area contributed by atoms with Gasteiger partial charge in [0.15, 0.2) is 0 Å². The Morgan fingerprint density at radius 2 is 2.17 bits per heavy atom. The second kappa shape index (κ2) is 9.41. The van der Waals surface area contributed by atoms with Gasteiger partial charge in [0.2, 0.25) is 0 Å². The average molecular weight is 188 g/mol. The Bertz CT molecular complexity index is 224. The quantitative estimate of drug-likeness (QED) is 0.460. The molecule has 0 amide bonds. The summed E-state index contributed by atoms with van der Waals surface area (Å²) in [6.07, 6.45) is 3.23. The molecule has 1 aromatic heterocycles. The summed E-state index contributed by atoms with van der Waals surface area (Å²) in [5.41, 5.74) is 6.18. The molecule has 0 radical (unpaired) electrons. The predicted octanol–water partition coefficient (Wildman–Crippen LogP) is -0.863. The van der Waals surface area contributed by atoms with Crippen LogP contribution in [0.15, 0.2) is 18.8 Å². The second-order valence-corrected chi connectivity index (χ2v) is 1.59. The molecule has 0 aromatic carbocycles. The Morgan fingerprint density at radius 1 is 1.58 bits per heavy atom. The Hall–Kier alpha value is 0.326. The molecule has 0 saturated carbocycles. The van der Waals surface area contributed by atoms with Crippen LogP contribution in [0.2, 0.25) is 0 Å². The molecule has 0 atom stereocenters. The van der Waals surface area contributed by atoms with Crippen LogP contribution in [0.25, 0.3) is 6.08 Å². The zero-order chi connectivity index (χ0) is 8.69. The van der Waals surface area contributed by atoms with Crippen molar-refractivity contribution in [3.8, 4) is 0 Å². The van der Waals surface area contributed by atoms with Gasteiger partial charge >= 0.3 is 51.4 Å². The van der Waals surface area contributed by atoms with Gasteiger partial charge in [-0.1, -0.05) is 20.0 Å². The Labute approximate surface area is 117 Å². The van der Waals surface area contributed by atoms with Crippen molar-refractivity contribution in [2.24, 2.45) is 0 Å². The van der Waals surface area contributed by atoms with Crippen molar-refractivity contribution in [2.45, 2.75) is 13.8 Å². The van der Waals surface area contributed by atoms with Gasteiger partial charge in [0.05, 0.1) is 0 Å². The Balaban J connectivity index is 0. The largest absolute Gasteiger partial charge is 1.00 e. The summed E-state index contributed by atoms with van der Waals surface area (Å²) in [5.74, 6) is 0.479. The topological polar surface area (TPSA) is 38.9 Å². The van der Waals surface area contributed by atoms with Crippen LogP contribution in [0.1, 0.15) is 19.4 Å². The average Bonchev–Trinajstić information content (AvgIpc) is 2.09. The van der Waals surface area contributed by atoms with E-state index in [9.17, 15) is 0 Å². The van der Waals surface area contributed by atoms with Crippen molar-refractivity contribution in [1.29, 1.82) is 0 Å². The van der Waals surface area contributed by atoms with Gasteiger partial charge in [0, 0.05) is 5.82 Å². The zero-order valence-corrected chi connectivity index (χ0v) is 11.1. The van der Waals surface area contributed by atoms with Gasteiger partial charge in [-0.05, 0) is 0 Å². The summed E-state index contributed by atoms with van der Waals surface area (Å²) in [7, 11) is 0. The third kappa shape index (κ3) is 5.06. The van der Waals surface area contributed by atoms with E-state index in [-0.39, 0.29) is 51.4 Å². The maximum absolute atomic E-state index is 5.42. The molecule has 2 N–H and O–H groups in total. The van der Waals surface area contributed by atoms with Crippen LogP contribution in [-0.4, -0.2) is 4.98 Å². The molecule has 0 saturated heterocycles. The molecule has 0 aliphatic heterocycles. The molecule has 3 heteroatoms. The van der Waals surface area contributed by atoms with Crippen molar-refractivity contribution in [3.05, 3.63) is 30.5 Å². The van der Waals surface area contributed by atoms with E-state index >= 15 is 0 Å². The van der Waals surface area contributed by atoms with E-state index in [1.165, 1.54) is 0 Å². The standard InChI is InChI=1S/C7H7N2.C2H6.K/c1-2-6-4-3-5-9-7(6)8;1-2;/h2-3,5H,1H2,(H2,8,9);1-2H3;/q-1;;+1. The van der Waals surface area contributed by atoms with Gasteiger partial charge < -0.3 is 10.7 Å². The number of pyridine rings is 1. The fourth-order valence-electron chi connectivity index (χ4n) is 0.552. The molecular formula is C9H13KN2.